The molecule has 0 aliphatic rings. The Morgan fingerprint density at radius 1 is 1.04 bits per heavy atom. The Morgan fingerprint density at radius 2 is 1.72 bits per heavy atom. The van der Waals surface area contributed by atoms with E-state index in [1.165, 1.54) is 12.5 Å². The van der Waals surface area contributed by atoms with Crippen LogP contribution in [-0.4, -0.2) is 41.3 Å². The highest BCUT2D eigenvalue weighted by molar-refractivity contribution is 7.97. The van der Waals surface area contributed by atoms with Crippen LogP contribution in [0.3, 0.4) is 0 Å². The van der Waals surface area contributed by atoms with Crippen molar-refractivity contribution in [2.75, 3.05) is 14.1 Å². The molecule has 0 radical (unpaired) electrons. The van der Waals surface area contributed by atoms with Crippen LogP contribution in [0.1, 0.15) is 5.69 Å². The Morgan fingerprint density at radius 3 is 2.40 bits per heavy atom. The Labute approximate surface area is 156 Å². The van der Waals surface area contributed by atoms with E-state index >= 15 is 0 Å². The maximum Gasteiger partial charge on any atom is 0.226 e. The van der Waals surface area contributed by atoms with Gasteiger partial charge in [-0.3, -0.25) is 0 Å². The summed E-state index contributed by atoms with van der Waals surface area (Å²) >= 11 is 8.19. The van der Waals surface area contributed by atoms with Crippen molar-refractivity contribution in [2.24, 2.45) is 20.4 Å². The van der Waals surface area contributed by atoms with Crippen LogP contribution in [0.2, 0.25) is 0 Å². The first-order valence-corrected chi connectivity index (χ1v) is 8.05. The van der Waals surface area contributed by atoms with E-state index in [0.717, 1.165) is 5.56 Å². The molecule has 0 atom stereocenters. The quantitative estimate of drug-likeness (QED) is 0.278. The van der Waals surface area contributed by atoms with Gasteiger partial charge in [0.25, 0.3) is 0 Å². The molecule has 130 valence electrons. The summed E-state index contributed by atoms with van der Waals surface area (Å²) in [7, 11) is 3.37. The van der Waals surface area contributed by atoms with Crippen LogP contribution >= 0.6 is 25.3 Å². The number of nitrogens with one attached hydrogen (secondary N) is 2. The van der Waals surface area contributed by atoms with Gasteiger partial charge < -0.3 is 15.1 Å². The third kappa shape index (κ3) is 5.76. The maximum atomic E-state index is 5.51. The zero-order chi connectivity index (χ0) is 18.1. The second-order valence-corrected chi connectivity index (χ2v) is 5.33. The maximum absolute atomic E-state index is 5.51. The molecule has 2 N–H and O–H groups in total. The summed E-state index contributed by atoms with van der Waals surface area (Å²) in [5.41, 5.74) is 1.67. The number of thiol groups is 2. The Kier molecular flexibility index (Phi) is 7.23. The Hall–Kier alpha value is -2.59. The largest absolute Gasteiger partial charge is 0.444 e. The number of amidine groups is 2. The van der Waals surface area contributed by atoms with Gasteiger partial charge in [-0.05, 0) is 12.1 Å². The third-order valence-electron chi connectivity index (χ3n) is 2.82. The molecule has 2 rings (SSSR count). The first-order valence-electron chi connectivity index (χ1n) is 7.15. The lowest BCUT2D eigenvalue weighted by Gasteiger charge is -1.95. The SMILES string of the molecule is CN/C(S)=N/N=C/C(=N/N=C(\S)NC)c1coc(-c2ccccc2)n1. The van der Waals surface area contributed by atoms with E-state index in [4.69, 9.17) is 4.42 Å². The second kappa shape index (κ2) is 9.64. The van der Waals surface area contributed by atoms with E-state index in [-0.39, 0.29) is 0 Å². The minimum absolute atomic E-state index is 0.339. The van der Waals surface area contributed by atoms with E-state index < -0.39 is 0 Å². The summed E-state index contributed by atoms with van der Waals surface area (Å²) < 4.78 is 5.51. The van der Waals surface area contributed by atoms with Gasteiger partial charge in [-0.25, -0.2) is 4.98 Å². The average Bonchev–Trinajstić information content (AvgIpc) is 3.14. The first kappa shape index (κ1) is 18.7. The summed E-state index contributed by atoms with van der Waals surface area (Å²) in [5, 5.41) is 21.9. The monoisotopic (exact) mass is 375 g/mol. The Bertz CT molecular complexity index is 812. The molecule has 0 aliphatic heterocycles. The lowest BCUT2D eigenvalue weighted by atomic mass is 10.2. The molecular formula is C15H17N7OS2. The summed E-state index contributed by atoms with van der Waals surface area (Å²) in [6.07, 6.45) is 2.88. The van der Waals surface area contributed by atoms with E-state index in [9.17, 15) is 0 Å². The van der Waals surface area contributed by atoms with Crippen molar-refractivity contribution in [3.05, 3.63) is 42.3 Å². The number of aromatic nitrogens is 1. The van der Waals surface area contributed by atoms with Crippen LogP contribution in [0, 0.1) is 0 Å². The normalized spacial score (nSPS) is 13.4. The molecule has 0 spiro atoms. The summed E-state index contributed by atoms with van der Waals surface area (Å²) in [6.45, 7) is 0. The lowest BCUT2D eigenvalue weighted by molar-refractivity contribution is 0.574. The average molecular weight is 375 g/mol. The van der Waals surface area contributed by atoms with E-state index in [1.54, 1.807) is 14.1 Å². The molecule has 0 amide bonds. The van der Waals surface area contributed by atoms with Crippen molar-refractivity contribution < 1.29 is 4.42 Å². The molecule has 0 fully saturated rings. The first-order chi connectivity index (χ1) is 12.1. The van der Waals surface area contributed by atoms with Crippen LogP contribution in [0.15, 0.2) is 61.4 Å². The van der Waals surface area contributed by atoms with Gasteiger partial charge in [0.2, 0.25) is 5.89 Å². The predicted octanol–water partition coefficient (Wildman–Crippen LogP) is 2.04. The van der Waals surface area contributed by atoms with Crippen molar-refractivity contribution in [2.45, 2.75) is 0 Å². The van der Waals surface area contributed by atoms with Crippen molar-refractivity contribution in [1.29, 1.82) is 0 Å². The zero-order valence-electron chi connectivity index (χ0n) is 13.6. The second-order valence-electron chi connectivity index (χ2n) is 4.48. The minimum atomic E-state index is 0.339. The molecule has 8 nitrogen and oxygen atoms in total. The summed E-state index contributed by atoms with van der Waals surface area (Å²) in [4.78, 5) is 4.42. The molecule has 0 saturated heterocycles. The van der Waals surface area contributed by atoms with Crippen LogP contribution in [0.5, 0.6) is 0 Å². The molecule has 2 aromatic rings. The molecule has 10 heteroatoms. The van der Waals surface area contributed by atoms with Crippen LogP contribution in [0.25, 0.3) is 11.5 Å². The van der Waals surface area contributed by atoms with Gasteiger partial charge in [0.1, 0.15) is 17.7 Å². The predicted molar refractivity (Wildman–Crippen MR) is 108 cm³/mol. The highest BCUT2D eigenvalue weighted by atomic mass is 32.1. The number of hydrogen-bond acceptors (Lipinski definition) is 6. The smallest absolute Gasteiger partial charge is 0.226 e. The van der Waals surface area contributed by atoms with Gasteiger partial charge in [-0.1, -0.05) is 18.2 Å². The molecule has 0 saturated carbocycles. The van der Waals surface area contributed by atoms with Crippen molar-refractivity contribution in [3.63, 3.8) is 0 Å². The zero-order valence-corrected chi connectivity index (χ0v) is 15.4. The number of nitrogens with zero attached hydrogens (tertiary/aromatic N) is 5. The van der Waals surface area contributed by atoms with Crippen molar-refractivity contribution in [1.82, 2.24) is 15.6 Å². The van der Waals surface area contributed by atoms with Crippen LogP contribution in [0.4, 0.5) is 0 Å². The van der Waals surface area contributed by atoms with Gasteiger partial charge >= 0.3 is 0 Å². The van der Waals surface area contributed by atoms with Gasteiger partial charge in [0.15, 0.2) is 10.3 Å². The Balaban J connectivity index is 2.34. The van der Waals surface area contributed by atoms with Gasteiger partial charge in [-0.15, -0.1) is 40.6 Å². The van der Waals surface area contributed by atoms with E-state index in [1.807, 2.05) is 30.3 Å². The molecule has 1 aromatic heterocycles. The highest BCUT2D eigenvalue weighted by Gasteiger charge is 2.11. The van der Waals surface area contributed by atoms with Crippen LogP contribution in [-0.2, 0) is 0 Å². The standard InChI is InChI=1S/C15H17N7OS2/c1-16-14(24)21-18-8-11(20-22-15(25)17-2)12-9-23-13(19-12)10-6-4-3-5-7-10/h3-9H,1-2H3,(H2,16,21,24)(H2,17,22,25)/b18-8+,20-11-. The molecule has 1 aromatic carbocycles. The summed E-state index contributed by atoms with van der Waals surface area (Å²) in [6, 6.07) is 9.52. The molecular weight excluding hydrogens is 358 g/mol. The van der Waals surface area contributed by atoms with Crippen LogP contribution < -0.4 is 10.6 Å². The molecule has 0 bridgehead atoms. The number of oxazole rings is 1. The minimum Gasteiger partial charge on any atom is -0.444 e. The molecule has 25 heavy (non-hydrogen) atoms. The topological polar surface area (TPSA) is 99.5 Å². The molecule has 0 unspecified atom stereocenters. The molecule has 1 heterocycles. The lowest BCUT2D eigenvalue weighted by Crippen LogP contribution is -2.12. The van der Waals surface area contributed by atoms with E-state index in [2.05, 4.69) is 61.3 Å². The fourth-order valence-electron chi connectivity index (χ4n) is 1.59. The van der Waals surface area contributed by atoms with Gasteiger partial charge in [-0.2, -0.15) is 5.10 Å². The highest BCUT2D eigenvalue weighted by Crippen LogP contribution is 2.18. The number of rotatable bonds is 5. The van der Waals surface area contributed by atoms with Gasteiger partial charge in [0.05, 0.1) is 6.21 Å². The number of hydrogen-bond donors (Lipinski definition) is 4. The number of benzene rings is 1. The van der Waals surface area contributed by atoms with Crippen molar-refractivity contribution >= 4 is 47.5 Å². The molecule has 0 aliphatic carbocycles. The van der Waals surface area contributed by atoms with Crippen molar-refractivity contribution in [3.8, 4) is 11.5 Å². The fourth-order valence-corrected chi connectivity index (χ4v) is 1.68. The fraction of sp³-hybridized carbons (Fsp3) is 0.133. The summed E-state index contributed by atoms with van der Waals surface area (Å²) in [5.74, 6) is 0.467. The third-order valence-corrected chi connectivity index (χ3v) is 3.45. The van der Waals surface area contributed by atoms with E-state index in [0.29, 0.717) is 27.6 Å². The van der Waals surface area contributed by atoms with Gasteiger partial charge in [0, 0.05) is 19.7 Å².